The lowest BCUT2D eigenvalue weighted by molar-refractivity contribution is 0.461. The van der Waals surface area contributed by atoms with Gasteiger partial charge in [-0.15, -0.1) is 17.9 Å². The summed E-state index contributed by atoms with van der Waals surface area (Å²) in [6.45, 7) is 10.1. The van der Waals surface area contributed by atoms with Crippen LogP contribution in [-0.2, 0) is 16.4 Å². The van der Waals surface area contributed by atoms with Gasteiger partial charge in [0, 0.05) is 18.0 Å². The summed E-state index contributed by atoms with van der Waals surface area (Å²) in [6.07, 6.45) is 2.47. The van der Waals surface area contributed by atoms with E-state index in [0.717, 1.165) is 24.4 Å². The van der Waals surface area contributed by atoms with Crippen LogP contribution in [0.15, 0.2) is 29.0 Å². The van der Waals surface area contributed by atoms with E-state index in [2.05, 4.69) is 18.8 Å². The summed E-state index contributed by atoms with van der Waals surface area (Å²) in [5.74, 6) is 0. The van der Waals surface area contributed by atoms with Gasteiger partial charge in [-0.05, 0) is 31.6 Å². The fourth-order valence-electron chi connectivity index (χ4n) is 1.69. The third-order valence-electron chi connectivity index (χ3n) is 2.71. The third-order valence-corrected chi connectivity index (χ3v) is 6.27. The summed E-state index contributed by atoms with van der Waals surface area (Å²) in [5.41, 5.74) is 0. The lowest BCUT2D eigenvalue weighted by Crippen LogP contribution is -2.30. The molecule has 0 bridgehead atoms. The van der Waals surface area contributed by atoms with Crippen molar-refractivity contribution in [1.29, 1.82) is 0 Å². The van der Waals surface area contributed by atoms with Crippen molar-refractivity contribution in [3.63, 3.8) is 0 Å². The molecule has 6 heteroatoms. The van der Waals surface area contributed by atoms with Crippen molar-refractivity contribution < 1.29 is 8.42 Å². The number of hydrogen-bond acceptors (Lipinski definition) is 4. The van der Waals surface area contributed by atoms with Crippen LogP contribution in [-0.4, -0.2) is 38.9 Å². The van der Waals surface area contributed by atoms with Crippen LogP contribution in [0.5, 0.6) is 0 Å². The van der Waals surface area contributed by atoms with Gasteiger partial charge in [0.2, 0.25) is 0 Å². The second-order valence-corrected chi connectivity index (χ2v) is 7.40. The minimum Gasteiger partial charge on any atom is -0.317 e. The average Bonchev–Trinajstić information content (AvgIpc) is 2.85. The Hall–Kier alpha value is -0.690. The first-order chi connectivity index (χ1) is 9.06. The van der Waals surface area contributed by atoms with Crippen molar-refractivity contribution >= 4 is 21.4 Å². The summed E-state index contributed by atoms with van der Waals surface area (Å²) in [6, 6.07) is 3.60. The van der Waals surface area contributed by atoms with E-state index in [1.165, 1.54) is 15.6 Å². The van der Waals surface area contributed by atoms with Crippen LogP contribution in [0.4, 0.5) is 0 Å². The van der Waals surface area contributed by atoms with E-state index in [1.807, 2.05) is 13.0 Å². The fourth-order valence-corrected chi connectivity index (χ4v) is 4.62. The lowest BCUT2D eigenvalue weighted by Gasteiger charge is -2.17. The Labute approximate surface area is 120 Å². The molecule has 0 saturated heterocycles. The molecular weight excluding hydrogens is 280 g/mol. The van der Waals surface area contributed by atoms with Gasteiger partial charge in [-0.2, -0.15) is 4.31 Å². The molecule has 4 nitrogen and oxygen atoms in total. The molecule has 0 spiro atoms. The zero-order chi connectivity index (χ0) is 14.3. The van der Waals surface area contributed by atoms with Crippen molar-refractivity contribution in [3.05, 3.63) is 29.7 Å². The molecule has 0 radical (unpaired) electrons. The van der Waals surface area contributed by atoms with Crippen molar-refractivity contribution in [3.8, 4) is 0 Å². The molecule has 0 saturated carbocycles. The van der Waals surface area contributed by atoms with Crippen LogP contribution in [0.2, 0.25) is 0 Å². The summed E-state index contributed by atoms with van der Waals surface area (Å²) in [4.78, 5) is 1.09. The van der Waals surface area contributed by atoms with E-state index < -0.39 is 10.0 Å². The molecule has 1 aromatic rings. The van der Waals surface area contributed by atoms with Crippen LogP contribution in [0.1, 0.15) is 18.7 Å². The molecule has 1 N–H and O–H groups in total. The standard InChI is InChI=1S/C13H22N2O2S2/c1-4-11-15(6-3)19(16,17)13-8-7-12(18-13)9-10-14-5-2/h4,7-8,14H,1,5-6,9-11H2,2-3H3. The Kier molecular flexibility index (Phi) is 6.71. The predicted molar refractivity (Wildman–Crippen MR) is 81.2 cm³/mol. The summed E-state index contributed by atoms with van der Waals surface area (Å²) in [5, 5.41) is 3.23. The number of hydrogen-bond donors (Lipinski definition) is 1. The highest BCUT2D eigenvalue weighted by Crippen LogP contribution is 2.25. The van der Waals surface area contributed by atoms with E-state index in [4.69, 9.17) is 0 Å². The van der Waals surface area contributed by atoms with Crippen LogP contribution in [0.3, 0.4) is 0 Å². The maximum absolute atomic E-state index is 12.4. The molecule has 19 heavy (non-hydrogen) atoms. The number of nitrogens with zero attached hydrogens (tertiary/aromatic N) is 1. The highest BCUT2D eigenvalue weighted by Gasteiger charge is 2.23. The van der Waals surface area contributed by atoms with E-state index in [-0.39, 0.29) is 0 Å². The second kappa shape index (κ2) is 7.79. The molecule has 0 aliphatic carbocycles. The molecule has 0 atom stereocenters. The SMILES string of the molecule is C=CCN(CC)S(=O)(=O)c1ccc(CCNCC)s1. The number of nitrogens with one attached hydrogen (secondary N) is 1. The van der Waals surface area contributed by atoms with Gasteiger partial charge in [0.1, 0.15) is 4.21 Å². The van der Waals surface area contributed by atoms with Gasteiger partial charge in [0.05, 0.1) is 0 Å². The summed E-state index contributed by atoms with van der Waals surface area (Å²) in [7, 11) is -3.36. The van der Waals surface area contributed by atoms with Crippen molar-refractivity contribution in [2.75, 3.05) is 26.2 Å². The maximum Gasteiger partial charge on any atom is 0.252 e. The largest absolute Gasteiger partial charge is 0.317 e. The Morgan fingerprint density at radius 1 is 1.42 bits per heavy atom. The number of thiophene rings is 1. The smallest absolute Gasteiger partial charge is 0.252 e. The van der Waals surface area contributed by atoms with E-state index in [1.54, 1.807) is 12.1 Å². The molecule has 0 amide bonds. The van der Waals surface area contributed by atoms with E-state index >= 15 is 0 Å². The average molecular weight is 302 g/mol. The molecule has 0 unspecified atom stereocenters. The van der Waals surface area contributed by atoms with E-state index in [9.17, 15) is 8.42 Å². The minimum absolute atomic E-state index is 0.351. The highest BCUT2D eigenvalue weighted by molar-refractivity contribution is 7.91. The number of sulfonamides is 1. The molecule has 0 aliphatic heterocycles. The molecule has 1 aromatic heterocycles. The monoisotopic (exact) mass is 302 g/mol. The lowest BCUT2D eigenvalue weighted by atomic mass is 10.3. The first-order valence-electron chi connectivity index (χ1n) is 6.46. The summed E-state index contributed by atoms with van der Waals surface area (Å²) >= 11 is 1.36. The third kappa shape index (κ3) is 4.42. The molecule has 0 fully saturated rings. The topological polar surface area (TPSA) is 49.4 Å². The van der Waals surface area contributed by atoms with Gasteiger partial charge in [-0.25, -0.2) is 8.42 Å². The Balaban J connectivity index is 2.81. The van der Waals surface area contributed by atoms with Gasteiger partial charge in [-0.3, -0.25) is 0 Å². The van der Waals surface area contributed by atoms with Gasteiger partial charge < -0.3 is 5.32 Å². The Morgan fingerprint density at radius 3 is 2.74 bits per heavy atom. The van der Waals surface area contributed by atoms with Gasteiger partial charge >= 0.3 is 0 Å². The number of rotatable bonds is 9. The normalized spacial score (nSPS) is 11.9. The first-order valence-corrected chi connectivity index (χ1v) is 8.72. The molecular formula is C13H22N2O2S2. The van der Waals surface area contributed by atoms with Crippen LogP contribution in [0.25, 0.3) is 0 Å². The molecule has 1 heterocycles. The van der Waals surface area contributed by atoms with E-state index in [0.29, 0.717) is 17.3 Å². The maximum atomic E-state index is 12.4. The highest BCUT2D eigenvalue weighted by atomic mass is 32.2. The summed E-state index contributed by atoms with van der Waals surface area (Å²) < 4.78 is 26.6. The molecule has 0 aliphatic rings. The second-order valence-electron chi connectivity index (χ2n) is 4.07. The van der Waals surface area contributed by atoms with Crippen molar-refractivity contribution in [1.82, 2.24) is 9.62 Å². The zero-order valence-corrected chi connectivity index (χ0v) is 13.2. The van der Waals surface area contributed by atoms with Gasteiger partial charge in [0.25, 0.3) is 10.0 Å². The van der Waals surface area contributed by atoms with Crippen LogP contribution < -0.4 is 5.32 Å². The van der Waals surface area contributed by atoms with Crippen LogP contribution >= 0.6 is 11.3 Å². The Bertz CT molecular complexity index is 494. The van der Waals surface area contributed by atoms with Crippen molar-refractivity contribution in [2.24, 2.45) is 0 Å². The van der Waals surface area contributed by atoms with Gasteiger partial charge in [0.15, 0.2) is 0 Å². The molecule has 0 aromatic carbocycles. The number of likely N-dealkylation sites (N-methyl/N-ethyl adjacent to an activating group) is 2. The van der Waals surface area contributed by atoms with Gasteiger partial charge in [-0.1, -0.05) is 19.9 Å². The molecule has 108 valence electrons. The first kappa shape index (κ1) is 16.4. The Morgan fingerprint density at radius 2 is 2.16 bits per heavy atom. The van der Waals surface area contributed by atoms with Crippen LogP contribution in [0, 0.1) is 0 Å². The minimum atomic E-state index is -3.36. The zero-order valence-electron chi connectivity index (χ0n) is 11.6. The quantitative estimate of drug-likeness (QED) is 0.561. The fraction of sp³-hybridized carbons (Fsp3) is 0.538. The molecule has 1 rings (SSSR count). The van der Waals surface area contributed by atoms with Crippen molar-refractivity contribution in [2.45, 2.75) is 24.5 Å². The predicted octanol–water partition coefficient (Wildman–Crippen LogP) is 2.10.